The number of carbonyl (C=O) groups excluding carboxylic acids is 1. The molecule has 0 bridgehead atoms. The van der Waals surface area contributed by atoms with Gasteiger partial charge in [-0.15, -0.1) is 0 Å². The van der Waals surface area contributed by atoms with Gasteiger partial charge in [-0.3, -0.25) is 4.79 Å². The SMILES string of the molecule is C=C(C)Cn1c(C2CC(=O)N(C(C)c3ccccc3)C2)nc2ccccc21. The van der Waals surface area contributed by atoms with E-state index in [0.717, 1.165) is 29.0 Å². The van der Waals surface area contributed by atoms with Gasteiger partial charge in [-0.25, -0.2) is 4.98 Å². The molecule has 1 saturated heterocycles. The number of amides is 1. The lowest BCUT2D eigenvalue weighted by molar-refractivity contribution is -0.129. The van der Waals surface area contributed by atoms with Gasteiger partial charge in [0.2, 0.25) is 5.91 Å². The standard InChI is InChI=1S/C23H25N3O/c1-16(2)14-26-21-12-8-7-11-20(21)24-23(26)19-13-22(27)25(15-19)17(3)18-9-5-4-6-10-18/h4-12,17,19H,1,13-15H2,2-3H3. The van der Waals surface area contributed by atoms with E-state index in [4.69, 9.17) is 4.98 Å². The van der Waals surface area contributed by atoms with Gasteiger partial charge in [0.25, 0.3) is 0 Å². The third-order valence-corrected chi connectivity index (χ3v) is 5.39. The van der Waals surface area contributed by atoms with Gasteiger partial charge in [0.1, 0.15) is 5.82 Å². The van der Waals surface area contributed by atoms with Crippen molar-refractivity contribution < 1.29 is 4.79 Å². The quantitative estimate of drug-likeness (QED) is 0.620. The van der Waals surface area contributed by atoms with Crippen molar-refractivity contribution in [1.29, 1.82) is 0 Å². The number of aromatic nitrogens is 2. The molecule has 2 heterocycles. The minimum absolute atomic E-state index is 0.0719. The lowest BCUT2D eigenvalue weighted by Crippen LogP contribution is -2.28. The van der Waals surface area contributed by atoms with E-state index in [1.807, 2.05) is 48.2 Å². The highest BCUT2D eigenvalue weighted by Crippen LogP contribution is 2.35. The maximum Gasteiger partial charge on any atom is 0.223 e. The molecule has 4 nitrogen and oxygen atoms in total. The highest BCUT2D eigenvalue weighted by Gasteiger charge is 2.36. The largest absolute Gasteiger partial charge is 0.335 e. The Morgan fingerprint density at radius 3 is 2.63 bits per heavy atom. The van der Waals surface area contributed by atoms with E-state index in [2.05, 4.69) is 36.3 Å². The third-order valence-electron chi connectivity index (χ3n) is 5.39. The topological polar surface area (TPSA) is 38.1 Å². The second kappa shape index (κ2) is 7.03. The molecule has 1 amide bonds. The smallest absolute Gasteiger partial charge is 0.223 e. The van der Waals surface area contributed by atoms with E-state index >= 15 is 0 Å². The summed E-state index contributed by atoms with van der Waals surface area (Å²) in [6.45, 7) is 9.64. The van der Waals surface area contributed by atoms with Gasteiger partial charge >= 0.3 is 0 Å². The molecule has 2 unspecified atom stereocenters. The van der Waals surface area contributed by atoms with E-state index in [1.54, 1.807) is 0 Å². The van der Waals surface area contributed by atoms with E-state index in [-0.39, 0.29) is 17.9 Å². The normalized spacial score (nSPS) is 18.2. The van der Waals surface area contributed by atoms with Gasteiger partial charge in [0.05, 0.1) is 17.1 Å². The monoisotopic (exact) mass is 359 g/mol. The lowest BCUT2D eigenvalue weighted by atomic mass is 10.1. The molecule has 1 aromatic heterocycles. The maximum absolute atomic E-state index is 12.8. The first kappa shape index (κ1) is 17.5. The van der Waals surface area contributed by atoms with Crippen molar-refractivity contribution in [2.75, 3.05) is 6.54 Å². The molecule has 0 aliphatic carbocycles. The van der Waals surface area contributed by atoms with Crippen LogP contribution in [0.4, 0.5) is 0 Å². The van der Waals surface area contributed by atoms with Crippen molar-refractivity contribution in [2.45, 2.75) is 38.8 Å². The van der Waals surface area contributed by atoms with Crippen molar-refractivity contribution in [2.24, 2.45) is 0 Å². The predicted molar refractivity (Wildman–Crippen MR) is 108 cm³/mol. The number of benzene rings is 2. The molecule has 0 saturated carbocycles. The molecule has 0 radical (unpaired) electrons. The van der Waals surface area contributed by atoms with Gasteiger partial charge in [0, 0.05) is 25.4 Å². The zero-order valence-corrected chi connectivity index (χ0v) is 15.9. The Morgan fingerprint density at radius 2 is 1.89 bits per heavy atom. The Bertz CT molecular complexity index is 989. The number of likely N-dealkylation sites (tertiary alicyclic amines) is 1. The second-order valence-electron chi connectivity index (χ2n) is 7.54. The molecule has 0 spiro atoms. The van der Waals surface area contributed by atoms with Crippen LogP contribution in [0.25, 0.3) is 11.0 Å². The van der Waals surface area contributed by atoms with Crippen molar-refractivity contribution in [3.63, 3.8) is 0 Å². The number of nitrogens with zero attached hydrogens (tertiary/aromatic N) is 3. The van der Waals surface area contributed by atoms with Crippen molar-refractivity contribution >= 4 is 16.9 Å². The summed E-state index contributed by atoms with van der Waals surface area (Å²) in [7, 11) is 0. The minimum atomic E-state index is 0.0719. The summed E-state index contributed by atoms with van der Waals surface area (Å²) < 4.78 is 2.23. The van der Waals surface area contributed by atoms with E-state index < -0.39 is 0 Å². The van der Waals surface area contributed by atoms with Crippen LogP contribution in [0.2, 0.25) is 0 Å². The van der Waals surface area contributed by atoms with Crippen LogP contribution in [0.15, 0.2) is 66.7 Å². The highest BCUT2D eigenvalue weighted by atomic mass is 16.2. The van der Waals surface area contributed by atoms with E-state index in [0.29, 0.717) is 13.0 Å². The summed E-state index contributed by atoms with van der Waals surface area (Å²) in [5.74, 6) is 1.30. The Kier molecular flexibility index (Phi) is 4.56. The lowest BCUT2D eigenvalue weighted by Gasteiger charge is -2.25. The van der Waals surface area contributed by atoms with Gasteiger partial charge in [0.15, 0.2) is 0 Å². The van der Waals surface area contributed by atoms with Gasteiger partial charge in [-0.05, 0) is 31.5 Å². The Morgan fingerprint density at radius 1 is 1.19 bits per heavy atom. The fraction of sp³-hybridized carbons (Fsp3) is 0.304. The van der Waals surface area contributed by atoms with Crippen molar-refractivity contribution in [3.8, 4) is 0 Å². The van der Waals surface area contributed by atoms with Crippen molar-refractivity contribution in [3.05, 3.63) is 78.1 Å². The first-order chi connectivity index (χ1) is 13.0. The summed E-state index contributed by atoms with van der Waals surface area (Å²) in [5, 5.41) is 0. The number of hydrogen-bond donors (Lipinski definition) is 0. The average Bonchev–Trinajstić information content (AvgIpc) is 3.22. The zero-order valence-electron chi connectivity index (χ0n) is 15.9. The fourth-order valence-electron chi connectivity index (χ4n) is 4.03. The Hall–Kier alpha value is -2.88. The van der Waals surface area contributed by atoms with Crippen LogP contribution < -0.4 is 0 Å². The average molecular weight is 359 g/mol. The van der Waals surface area contributed by atoms with Crippen LogP contribution in [-0.2, 0) is 11.3 Å². The molecule has 4 rings (SSSR count). The molecule has 1 aliphatic rings. The number of hydrogen-bond acceptors (Lipinski definition) is 2. The molecule has 4 heteroatoms. The van der Waals surface area contributed by atoms with Gasteiger partial charge in [-0.2, -0.15) is 0 Å². The molecule has 138 valence electrons. The van der Waals surface area contributed by atoms with Crippen LogP contribution in [0, 0.1) is 0 Å². The minimum Gasteiger partial charge on any atom is -0.335 e. The molecule has 1 aliphatic heterocycles. The fourth-order valence-corrected chi connectivity index (χ4v) is 4.03. The molecule has 0 N–H and O–H groups in total. The van der Waals surface area contributed by atoms with Gasteiger partial charge < -0.3 is 9.47 Å². The van der Waals surface area contributed by atoms with Crippen LogP contribution in [0.3, 0.4) is 0 Å². The van der Waals surface area contributed by atoms with Crippen LogP contribution >= 0.6 is 0 Å². The van der Waals surface area contributed by atoms with E-state index in [1.165, 1.54) is 5.56 Å². The highest BCUT2D eigenvalue weighted by molar-refractivity contribution is 5.81. The number of allylic oxidation sites excluding steroid dienone is 1. The Labute approximate surface area is 160 Å². The summed E-state index contributed by atoms with van der Waals surface area (Å²) in [6.07, 6.45) is 0.511. The molecule has 2 atom stereocenters. The maximum atomic E-state index is 12.8. The van der Waals surface area contributed by atoms with Crippen LogP contribution in [0.1, 0.15) is 43.6 Å². The van der Waals surface area contributed by atoms with Gasteiger partial charge in [-0.1, -0.05) is 54.6 Å². The zero-order chi connectivity index (χ0) is 19.0. The summed E-state index contributed by atoms with van der Waals surface area (Å²) >= 11 is 0. The summed E-state index contributed by atoms with van der Waals surface area (Å²) in [6, 6.07) is 18.5. The molecular formula is C23H25N3O. The number of para-hydroxylation sites is 2. The first-order valence-electron chi connectivity index (χ1n) is 9.48. The molecular weight excluding hydrogens is 334 g/mol. The number of imidazole rings is 1. The molecule has 2 aromatic carbocycles. The van der Waals surface area contributed by atoms with E-state index in [9.17, 15) is 4.79 Å². The van der Waals surface area contributed by atoms with Crippen LogP contribution in [-0.4, -0.2) is 26.9 Å². The second-order valence-corrected chi connectivity index (χ2v) is 7.54. The summed E-state index contributed by atoms with van der Waals surface area (Å²) in [5.41, 5.74) is 4.34. The number of fused-ring (bicyclic) bond motifs is 1. The molecule has 1 fully saturated rings. The molecule has 3 aromatic rings. The molecule has 27 heavy (non-hydrogen) atoms. The first-order valence-corrected chi connectivity index (χ1v) is 9.48. The van der Waals surface area contributed by atoms with Crippen molar-refractivity contribution in [1.82, 2.24) is 14.5 Å². The number of rotatable bonds is 5. The summed E-state index contributed by atoms with van der Waals surface area (Å²) in [4.78, 5) is 19.7. The predicted octanol–water partition coefficient (Wildman–Crippen LogP) is 4.69. The Balaban J connectivity index is 1.67. The number of carbonyl (C=O) groups is 1. The third kappa shape index (κ3) is 3.27. The van der Waals surface area contributed by atoms with Crippen LogP contribution in [0.5, 0.6) is 0 Å².